The van der Waals surface area contributed by atoms with Gasteiger partial charge in [-0.05, 0) is 58.1 Å². The highest BCUT2D eigenvalue weighted by Crippen LogP contribution is 2.36. The lowest BCUT2D eigenvalue weighted by atomic mass is 9.78. The highest BCUT2D eigenvalue weighted by Gasteiger charge is 2.51. The molecule has 0 aliphatic carbocycles. The zero-order valence-electron chi connectivity index (χ0n) is 15.0. The number of ether oxygens (including phenoxy) is 1. The van der Waals surface area contributed by atoms with Crippen LogP contribution >= 0.6 is 0 Å². The molecule has 0 N–H and O–H groups in total. The quantitative estimate of drug-likeness (QED) is 0.801. The number of pyridine rings is 1. The first-order chi connectivity index (χ1) is 10.8. The summed E-state index contributed by atoms with van der Waals surface area (Å²) in [6.45, 7) is 12.1. The maximum atomic E-state index is 6.22. The molecule has 0 bridgehead atoms. The Labute approximate surface area is 140 Å². The van der Waals surface area contributed by atoms with Crippen molar-refractivity contribution in [3.8, 4) is 0 Å². The van der Waals surface area contributed by atoms with Gasteiger partial charge in [-0.15, -0.1) is 0 Å². The van der Waals surface area contributed by atoms with Crippen LogP contribution in [0.2, 0.25) is 0 Å². The van der Waals surface area contributed by atoms with Crippen LogP contribution in [0, 0.1) is 0 Å². The fourth-order valence-corrected chi connectivity index (χ4v) is 3.11. The van der Waals surface area contributed by atoms with Gasteiger partial charge < -0.3 is 14.0 Å². The molecule has 126 valence electrons. The fourth-order valence-electron chi connectivity index (χ4n) is 3.11. The van der Waals surface area contributed by atoms with Crippen LogP contribution in [0.5, 0.6) is 0 Å². The third kappa shape index (κ3) is 3.33. The lowest BCUT2D eigenvalue weighted by Gasteiger charge is -2.32. The van der Waals surface area contributed by atoms with E-state index in [2.05, 4.69) is 46.8 Å². The molecule has 4 nitrogen and oxygen atoms in total. The van der Waals surface area contributed by atoms with Crippen molar-refractivity contribution in [2.24, 2.45) is 0 Å². The molecule has 1 atom stereocenters. The van der Waals surface area contributed by atoms with E-state index >= 15 is 0 Å². The third-order valence-corrected chi connectivity index (χ3v) is 5.30. The molecule has 2 fully saturated rings. The van der Waals surface area contributed by atoms with Crippen LogP contribution in [-0.2, 0) is 20.5 Å². The molecule has 0 amide bonds. The Morgan fingerprint density at radius 2 is 1.87 bits per heavy atom. The average molecular weight is 317 g/mol. The molecule has 0 radical (unpaired) electrons. The summed E-state index contributed by atoms with van der Waals surface area (Å²) >= 11 is 0. The van der Waals surface area contributed by atoms with Gasteiger partial charge in [0.15, 0.2) is 0 Å². The van der Waals surface area contributed by atoms with Crippen LogP contribution in [0.25, 0.3) is 0 Å². The molecule has 1 unspecified atom stereocenters. The van der Waals surface area contributed by atoms with Gasteiger partial charge in [-0.2, -0.15) is 0 Å². The second-order valence-corrected chi connectivity index (χ2v) is 7.72. The summed E-state index contributed by atoms with van der Waals surface area (Å²) in [5.74, 6) is 0.396. The van der Waals surface area contributed by atoms with E-state index in [1.165, 1.54) is 0 Å². The predicted molar refractivity (Wildman–Crippen MR) is 92.1 cm³/mol. The van der Waals surface area contributed by atoms with E-state index in [-0.39, 0.29) is 18.3 Å². The summed E-state index contributed by atoms with van der Waals surface area (Å²) in [7, 11) is -0.320. The first kappa shape index (κ1) is 16.9. The molecule has 0 spiro atoms. The largest absolute Gasteiger partial charge is 0.494 e. The normalized spacial score (nSPS) is 26.0. The van der Waals surface area contributed by atoms with E-state index in [4.69, 9.17) is 19.0 Å². The highest BCUT2D eigenvalue weighted by molar-refractivity contribution is 6.62. The Hall–Kier alpha value is -0.905. The molecular weight excluding hydrogens is 289 g/mol. The number of hydrogen-bond acceptors (Lipinski definition) is 4. The van der Waals surface area contributed by atoms with Gasteiger partial charge in [-0.3, -0.25) is 4.98 Å². The molecule has 1 aromatic rings. The highest BCUT2D eigenvalue weighted by atomic mass is 16.7. The number of rotatable bonds is 4. The van der Waals surface area contributed by atoms with Crippen molar-refractivity contribution in [2.45, 2.75) is 71.0 Å². The zero-order valence-corrected chi connectivity index (χ0v) is 15.0. The van der Waals surface area contributed by atoms with Crippen LogP contribution in [0.4, 0.5) is 0 Å². The standard InChI is InChI=1S/C18H28BNO3/c1-6-7-15-10-14(11-16(20-15)13-8-9-21-12-13)19-22-17(2,3)18(4,5)23-19/h10-11,13H,6-9,12H2,1-5H3. The van der Waals surface area contributed by atoms with Crippen LogP contribution in [-0.4, -0.2) is 36.5 Å². The zero-order chi connectivity index (χ0) is 16.7. The molecule has 5 heteroatoms. The minimum atomic E-state index is -0.320. The Morgan fingerprint density at radius 3 is 2.43 bits per heavy atom. The van der Waals surface area contributed by atoms with E-state index in [1.54, 1.807) is 0 Å². The summed E-state index contributed by atoms with van der Waals surface area (Å²) in [5.41, 5.74) is 2.70. The first-order valence-corrected chi connectivity index (χ1v) is 8.76. The maximum Gasteiger partial charge on any atom is 0.494 e. The number of aromatic nitrogens is 1. The number of hydrogen-bond donors (Lipinski definition) is 0. The lowest BCUT2D eigenvalue weighted by molar-refractivity contribution is 0.00578. The molecule has 3 rings (SSSR count). The Bertz CT molecular complexity index is 551. The van der Waals surface area contributed by atoms with Crippen molar-refractivity contribution in [1.82, 2.24) is 4.98 Å². The summed E-state index contributed by atoms with van der Waals surface area (Å²) in [4.78, 5) is 4.86. The van der Waals surface area contributed by atoms with Gasteiger partial charge in [-0.1, -0.05) is 13.3 Å². The average Bonchev–Trinajstić information content (AvgIpc) is 3.06. The Morgan fingerprint density at radius 1 is 1.17 bits per heavy atom. The fraction of sp³-hybridized carbons (Fsp3) is 0.722. The smallest absolute Gasteiger partial charge is 0.399 e. The van der Waals surface area contributed by atoms with Gasteiger partial charge in [0.05, 0.1) is 17.8 Å². The summed E-state index contributed by atoms with van der Waals surface area (Å²) in [6.07, 6.45) is 3.11. The molecule has 2 aliphatic heterocycles. The molecule has 1 aromatic heterocycles. The van der Waals surface area contributed by atoms with E-state index < -0.39 is 0 Å². The monoisotopic (exact) mass is 317 g/mol. The summed E-state index contributed by atoms with van der Waals surface area (Å²) in [6, 6.07) is 4.30. The van der Waals surface area contributed by atoms with Crippen molar-refractivity contribution in [2.75, 3.05) is 13.2 Å². The maximum absolute atomic E-state index is 6.22. The Balaban J connectivity index is 1.92. The minimum absolute atomic E-state index is 0.317. The molecule has 0 aromatic carbocycles. The van der Waals surface area contributed by atoms with Gasteiger partial charge in [0, 0.05) is 23.9 Å². The molecule has 3 heterocycles. The molecule has 0 saturated carbocycles. The van der Waals surface area contributed by atoms with Gasteiger partial charge >= 0.3 is 7.12 Å². The predicted octanol–water partition coefficient (Wildman–Crippen LogP) is 2.84. The molecule has 2 saturated heterocycles. The second-order valence-electron chi connectivity index (χ2n) is 7.72. The minimum Gasteiger partial charge on any atom is -0.399 e. The molecule has 23 heavy (non-hydrogen) atoms. The van der Waals surface area contributed by atoms with Crippen molar-refractivity contribution in [3.63, 3.8) is 0 Å². The number of nitrogens with zero attached hydrogens (tertiary/aromatic N) is 1. The van der Waals surface area contributed by atoms with Crippen LogP contribution in [0.3, 0.4) is 0 Å². The van der Waals surface area contributed by atoms with Gasteiger partial charge in [-0.25, -0.2) is 0 Å². The summed E-state index contributed by atoms with van der Waals surface area (Å²) < 4.78 is 18.0. The van der Waals surface area contributed by atoms with E-state index in [0.29, 0.717) is 5.92 Å². The van der Waals surface area contributed by atoms with Gasteiger partial charge in [0.2, 0.25) is 0 Å². The summed E-state index contributed by atoms with van der Waals surface area (Å²) in [5, 5.41) is 0. The van der Waals surface area contributed by atoms with Crippen LogP contribution in [0.1, 0.15) is 64.8 Å². The van der Waals surface area contributed by atoms with Crippen molar-refractivity contribution >= 4 is 12.6 Å². The topological polar surface area (TPSA) is 40.6 Å². The van der Waals surface area contributed by atoms with E-state index in [9.17, 15) is 0 Å². The Kier molecular flexibility index (Phi) is 4.56. The van der Waals surface area contributed by atoms with Gasteiger partial charge in [0.25, 0.3) is 0 Å². The molecule has 2 aliphatic rings. The van der Waals surface area contributed by atoms with Crippen molar-refractivity contribution in [3.05, 3.63) is 23.5 Å². The van der Waals surface area contributed by atoms with Crippen molar-refractivity contribution < 1.29 is 14.0 Å². The molecular formula is C18H28BNO3. The number of aryl methyl sites for hydroxylation is 1. The lowest BCUT2D eigenvalue weighted by Crippen LogP contribution is -2.41. The second kappa shape index (κ2) is 6.19. The van der Waals surface area contributed by atoms with E-state index in [1.807, 2.05) is 0 Å². The SMILES string of the molecule is CCCc1cc(B2OC(C)(C)C(C)(C)O2)cc(C2CCOC2)n1. The van der Waals surface area contributed by atoms with E-state index in [0.717, 1.165) is 49.3 Å². The van der Waals surface area contributed by atoms with Crippen LogP contribution < -0.4 is 5.46 Å². The van der Waals surface area contributed by atoms with Gasteiger partial charge in [0.1, 0.15) is 0 Å². The first-order valence-electron chi connectivity index (χ1n) is 8.76. The van der Waals surface area contributed by atoms with Crippen molar-refractivity contribution in [1.29, 1.82) is 0 Å². The third-order valence-electron chi connectivity index (χ3n) is 5.30. The van der Waals surface area contributed by atoms with Crippen LogP contribution in [0.15, 0.2) is 12.1 Å².